The van der Waals surface area contributed by atoms with Crippen LogP contribution in [0.2, 0.25) is 0 Å². The molecule has 2 rings (SSSR count). The normalized spacial score (nSPS) is 10.8. The molecule has 0 saturated heterocycles. The lowest BCUT2D eigenvalue weighted by Gasteiger charge is -2.05. The van der Waals surface area contributed by atoms with E-state index in [2.05, 4.69) is 15.5 Å². The molecule has 1 amide bonds. The highest BCUT2D eigenvalue weighted by Gasteiger charge is 2.13. The van der Waals surface area contributed by atoms with Crippen LogP contribution in [0.5, 0.6) is 5.75 Å². The molecule has 10 heteroatoms. The molecule has 0 atom stereocenters. The minimum absolute atomic E-state index is 0.272. The number of hydrogen-bond acceptors (Lipinski definition) is 8. The van der Waals surface area contributed by atoms with Gasteiger partial charge in [0.1, 0.15) is 4.88 Å². The third-order valence-corrected chi connectivity index (χ3v) is 3.56. The summed E-state index contributed by atoms with van der Waals surface area (Å²) in [6.07, 6.45) is 1.20. The van der Waals surface area contributed by atoms with Crippen molar-refractivity contribution < 1.29 is 14.8 Å². The number of rotatable bonds is 4. The highest BCUT2D eigenvalue weighted by Crippen LogP contribution is 2.23. The van der Waals surface area contributed by atoms with Crippen molar-refractivity contribution in [1.29, 1.82) is 0 Å². The van der Waals surface area contributed by atoms with Gasteiger partial charge in [-0.2, -0.15) is 5.10 Å². The average Bonchev–Trinajstić information content (AvgIpc) is 2.79. The van der Waals surface area contributed by atoms with Crippen molar-refractivity contribution in [3.63, 3.8) is 0 Å². The molecule has 1 aromatic heterocycles. The van der Waals surface area contributed by atoms with E-state index in [-0.39, 0.29) is 5.13 Å². The highest BCUT2D eigenvalue weighted by molar-refractivity contribution is 7.17. The monoisotopic (exact) mass is 320 g/mol. The van der Waals surface area contributed by atoms with E-state index in [1.54, 1.807) is 6.92 Å². The number of nitrogens with zero attached hydrogens (tertiary/aromatic N) is 3. The van der Waals surface area contributed by atoms with Gasteiger partial charge in [-0.1, -0.05) is 23.5 Å². The number of anilines is 1. The number of nitro benzene ring substituents is 1. The van der Waals surface area contributed by atoms with Crippen LogP contribution in [-0.2, 0) is 0 Å². The van der Waals surface area contributed by atoms with Crippen molar-refractivity contribution in [2.45, 2.75) is 6.92 Å². The number of amides is 1. The van der Waals surface area contributed by atoms with Crippen LogP contribution in [0.1, 0.15) is 20.9 Å². The average molecular weight is 320 g/mol. The number of thiazole rings is 1. The molecule has 0 fully saturated rings. The van der Waals surface area contributed by atoms with Crippen LogP contribution in [0.3, 0.4) is 0 Å². The summed E-state index contributed by atoms with van der Waals surface area (Å²) in [6, 6.07) is 3.50. The molecule has 0 aliphatic carbocycles. The lowest BCUT2D eigenvalue weighted by Crippen LogP contribution is -2.17. The minimum Gasteiger partial charge on any atom is -0.868 e. The highest BCUT2D eigenvalue weighted by atomic mass is 32.1. The van der Waals surface area contributed by atoms with Crippen LogP contribution in [0.25, 0.3) is 0 Å². The number of benzene rings is 1. The Bertz CT molecular complexity index is 771. The van der Waals surface area contributed by atoms with Crippen LogP contribution in [0, 0.1) is 17.0 Å². The van der Waals surface area contributed by atoms with Gasteiger partial charge in [0, 0.05) is 11.6 Å². The number of hydrogen-bond donors (Lipinski definition) is 2. The predicted molar refractivity (Wildman–Crippen MR) is 78.9 cm³/mol. The summed E-state index contributed by atoms with van der Waals surface area (Å²) in [5.41, 5.74) is 8.00. The molecule has 2 aromatic rings. The predicted octanol–water partition coefficient (Wildman–Crippen LogP) is 0.779. The molecule has 114 valence electrons. The van der Waals surface area contributed by atoms with E-state index >= 15 is 0 Å². The summed E-state index contributed by atoms with van der Waals surface area (Å²) >= 11 is 1.03. The van der Waals surface area contributed by atoms with Crippen molar-refractivity contribution in [2.24, 2.45) is 5.10 Å². The lowest BCUT2D eigenvalue weighted by molar-refractivity contribution is -0.398. The van der Waals surface area contributed by atoms with Gasteiger partial charge < -0.3 is 10.8 Å². The van der Waals surface area contributed by atoms with Crippen LogP contribution < -0.4 is 16.3 Å². The Kier molecular flexibility index (Phi) is 4.32. The molecule has 0 radical (unpaired) electrons. The maximum atomic E-state index is 11.8. The SMILES string of the molecule is Cc1nc(N)sc1C(=O)N/N=C\c1ccc([O-])c([N+](=O)[O-])c1. The number of nitrogens with two attached hydrogens (primary N) is 1. The van der Waals surface area contributed by atoms with Crippen LogP contribution in [0.15, 0.2) is 23.3 Å². The molecule has 1 aromatic carbocycles. The summed E-state index contributed by atoms with van der Waals surface area (Å²) < 4.78 is 0. The molecule has 0 aliphatic heterocycles. The second kappa shape index (κ2) is 6.18. The second-order valence-corrected chi connectivity index (χ2v) is 5.18. The fourth-order valence-corrected chi connectivity index (χ4v) is 2.32. The maximum Gasteiger partial charge on any atom is 0.283 e. The molecule has 0 spiro atoms. The Morgan fingerprint density at radius 1 is 1.55 bits per heavy atom. The van der Waals surface area contributed by atoms with Crippen molar-refractivity contribution in [3.8, 4) is 5.75 Å². The van der Waals surface area contributed by atoms with Gasteiger partial charge in [-0.3, -0.25) is 14.9 Å². The topological polar surface area (TPSA) is 147 Å². The van der Waals surface area contributed by atoms with E-state index in [4.69, 9.17) is 5.73 Å². The summed E-state index contributed by atoms with van der Waals surface area (Å²) in [7, 11) is 0. The smallest absolute Gasteiger partial charge is 0.283 e. The van der Waals surface area contributed by atoms with Crippen molar-refractivity contribution >= 4 is 34.3 Å². The van der Waals surface area contributed by atoms with E-state index in [1.807, 2.05) is 0 Å². The van der Waals surface area contributed by atoms with Crippen LogP contribution in [-0.4, -0.2) is 22.0 Å². The molecular weight excluding hydrogens is 310 g/mol. The number of carbonyl (C=O) groups is 1. The van der Waals surface area contributed by atoms with Gasteiger partial charge in [-0.25, -0.2) is 10.4 Å². The van der Waals surface area contributed by atoms with E-state index in [1.165, 1.54) is 12.3 Å². The Labute approximate surface area is 128 Å². The molecule has 0 saturated carbocycles. The Morgan fingerprint density at radius 3 is 2.86 bits per heavy atom. The van der Waals surface area contributed by atoms with Crippen LogP contribution in [0.4, 0.5) is 10.8 Å². The van der Waals surface area contributed by atoms with E-state index in [0.29, 0.717) is 16.1 Å². The first-order valence-electron chi connectivity index (χ1n) is 5.90. The number of aromatic nitrogens is 1. The molecule has 22 heavy (non-hydrogen) atoms. The molecule has 0 bridgehead atoms. The standard InChI is InChI=1S/C12H11N5O4S/c1-6-10(22-12(13)15-6)11(19)16-14-5-7-2-3-9(18)8(4-7)17(20)21/h2-5,18H,1H3,(H2,13,15)(H,16,19)/p-1/b14-5-. The first-order chi connectivity index (χ1) is 10.4. The number of carbonyl (C=O) groups excluding carboxylic acids is 1. The second-order valence-electron chi connectivity index (χ2n) is 4.15. The third kappa shape index (κ3) is 3.35. The van der Waals surface area contributed by atoms with E-state index in [0.717, 1.165) is 23.5 Å². The van der Waals surface area contributed by atoms with Gasteiger partial charge >= 0.3 is 0 Å². The van der Waals surface area contributed by atoms with Crippen LogP contribution >= 0.6 is 11.3 Å². The van der Waals surface area contributed by atoms with Crippen molar-refractivity contribution in [1.82, 2.24) is 10.4 Å². The lowest BCUT2D eigenvalue weighted by atomic mass is 10.2. The van der Waals surface area contributed by atoms with Crippen molar-refractivity contribution in [2.75, 3.05) is 5.73 Å². The Morgan fingerprint density at radius 2 is 2.27 bits per heavy atom. The molecular formula is C12H10N5O4S-. The first kappa shape index (κ1) is 15.4. The number of aryl methyl sites for hydroxylation is 1. The fourth-order valence-electron chi connectivity index (χ4n) is 1.60. The molecule has 0 unspecified atom stereocenters. The molecule has 3 N–H and O–H groups in total. The van der Waals surface area contributed by atoms with E-state index < -0.39 is 22.3 Å². The number of nitro groups is 1. The summed E-state index contributed by atoms with van der Waals surface area (Å²) in [5, 5.41) is 25.9. The van der Waals surface area contributed by atoms with Crippen molar-refractivity contribution in [3.05, 3.63) is 44.4 Å². The first-order valence-corrected chi connectivity index (χ1v) is 6.72. The zero-order valence-electron chi connectivity index (χ0n) is 11.3. The maximum absolute atomic E-state index is 11.8. The van der Waals surface area contributed by atoms with Gasteiger partial charge in [-0.15, -0.1) is 0 Å². The zero-order chi connectivity index (χ0) is 16.3. The summed E-state index contributed by atoms with van der Waals surface area (Å²) in [6.45, 7) is 1.64. The third-order valence-electron chi connectivity index (χ3n) is 2.58. The number of hydrazone groups is 1. The van der Waals surface area contributed by atoms with E-state index in [9.17, 15) is 20.0 Å². The molecule has 9 nitrogen and oxygen atoms in total. The molecule has 1 heterocycles. The minimum atomic E-state index is -0.776. The number of nitrogen functional groups attached to an aromatic ring is 1. The fraction of sp³-hybridized carbons (Fsp3) is 0.0833. The summed E-state index contributed by atoms with van der Waals surface area (Å²) in [4.78, 5) is 26.0. The van der Waals surface area contributed by atoms with Gasteiger partial charge in [0.15, 0.2) is 5.13 Å². The Hall–Kier alpha value is -3.01. The quantitative estimate of drug-likeness (QED) is 0.483. The number of nitrogens with one attached hydrogen (secondary N) is 1. The van der Waals surface area contributed by atoms with Gasteiger partial charge in [0.2, 0.25) is 0 Å². The molecule has 0 aliphatic rings. The Balaban J connectivity index is 2.10. The van der Waals surface area contributed by atoms with Gasteiger partial charge in [0.05, 0.1) is 16.8 Å². The van der Waals surface area contributed by atoms with Gasteiger partial charge in [0.25, 0.3) is 11.6 Å². The zero-order valence-corrected chi connectivity index (χ0v) is 12.1. The summed E-state index contributed by atoms with van der Waals surface area (Å²) in [5.74, 6) is -1.18. The van der Waals surface area contributed by atoms with Gasteiger partial charge in [-0.05, 0) is 12.7 Å². The largest absolute Gasteiger partial charge is 0.868 e.